The zero-order chi connectivity index (χ0) is 10.6. The molecule has 3 N–H and O–H groups in total. The number of hydrogen-bond donors (Lipinski definition) is 3. The molecular formula is C8H14O5. The average Bonchev–Trinajstić information content (AvgIpc) is 1.97. The van der Waals surface area contributed by atoms with Gasteiger partial charge in [-0.1, -0.05) is 13.8 Å². The Morgan fingerprint density at radius 1 is 1.15 bits per heavy atom. The van der Waals surface area contributed by atoms with E-state index in [2.05, 4.69) is 0 Å². The molecule has 0 aromatic heterocycles. The van der Waals surface area contributed by atoms with Crippen molar-refractivity contribution in [1.82, 2.24) is 0 Å². The number of carboxylic acid groups (broad SMARTS) is 2. The van der Waals surface area contributed by atoms with Crippen molar-refractivity contribution >= 4 is 11.9 Å². The van der Waals surface area contributed by atoms with Gasteiger partial charge in [0, 0.05) is 0 Å². The molecule has 2 atom stereocenters. The van der Waals surface area contributed by atoms with Gasteiger partial charge in [0.25, 0.3) is 0 Å². The van der Waals surface area contributed by atoms with Crippen molar-refractivity contribution < 1.29 is 24.9 Å². The zero-order valence-corrected chi connectivity index (χ0v) is 7.60. The summed E-state index contributed by atoms with van der Waals surface area (Å²) in [4.78, 5) is 20.9. The van der Waals surface area contributed by atoms with Crippen LogP contribution < -0.4 is 0 Å². The van der Waals surface area contributed by atoms with Gasteiger partial charge in [0.15, 0.2) is 6.10 Å². The lowest BCUT2D eigenvalue weighted by molar-refractivity contribution is -0.160. The predicted molar refractivity (Wildman–Crippen MR) is 44.2 cm³/mol. The summed E-state index contributed by atoms with van der Waals surface area (Å²) in [5.41, 5.74) is 0. The van der Waals surface area contributed by atoms with E-state index in [1.54, 1.807) is 13.8 Å². The second kappa shape index (κ2) is 4.81. The molecule has 0 bridgehead atoms. The van der Waals surface area contributed by atoms with E-state index in [0.717, 1.165) is 0 Å². The van der Waals surface area contributed by atoms with Crippen LogP contribution in [0.25, 0.3) is 0 Å². The van der Waals surface area contributed by atoms with Crippen molar-refractivity contribution in [2.75, 3.05) is 0 Å². The summed E-state index contributed by atoms with van der Waals surface area (Å²) in [5, 5.41) is 26.0. The highest BCUT2D eigenvalue weighted by Gasteiger charge is 2.32. The Balaban J connectivity index is 4.42. The molecule has 0 fully saturated rings. The Morgan fingerprint density at radius 3 is 1.85 bits per heavy atom. The smallest absolute Gasteiger partial charge is 0.333 e. The summed E-state index contributed by atoms with van der Waals surface area (Å²) in [5.74, 6) is -3.95. The van der Waals surface area contributed by atoms with Gasteiger partial charge in [-0.05, 0) is 12.3 Å². The van der Waals surface area contributed by atoms with Gasteiger partial charge in [-0.15, -0.1) is 0 Å². The highest BCUT2D eigenvalue weighted by molar-refractivity contribution is 5.81. The lowest BCUT2D eigenvalue weighted by Crippen LogP contribution is -2.35. The number of aliphatic carboxylic acids is 2. The van der Waals surface area contributed by atoms with E-state index in [0.29, 0.717) is 0 Å². The highest BCUT2D eigenvalue weighted by Crippen LogP contribution is 2.16. The van der Waals surface area contributed by atoms with Gasteiger partial charge in [0.1, 0.15) is 0 Å². The first kappa shape index (κ1) is 11.9. The van der Waals surface area contributed by atoms with E-state index in [4.69, 9.17) is 15.3 Å². The minimum Gasteiger partial charge on any atom is -0.481 e. The predicted octanol–water partition coefficient (Wildman–Crippen LogP) is 0.179. The normalized spacial score (nSPS) is 15.4. The number of carbonyl (C=O) groups is 2. The number of aliphatic hydroxyl groups excluding tert-OH is 1. The Kier molecular flexibility index (Phi) is 4.40. The van der Waals surface area contributed by atoms with Gasteiger partial charge in [0.2, 0.25) is 0 Å². The van der Waals surface area contributed by atoms with Gasteiger partial charge in [-0.25, -0.2) is 4.79 Å². The molecule has 0 aromatic rings. The Labute approximate surface area is 76.0 Å². The van der Waals surface area contributed by atoms with Crippen LogP contribution in [0.1, 0.15) is 20.3 Å². The molecule has 0 aromatic carbocycles. The molecule has 0 radical (unpaired) electrons. The van der Waals surface area contributed by atoms with E-state index < -0.39 is 24.0 Å². The van der Waals surface area contributed by atoms with E-state index in [9.17, 15) is 9.59 Å². The van der Waals surface area contributed by atoms with E-state index >= 15 is 0 Å². The molecule has 0 aliphatic heterocycles. The van der Waals surface area contributed by atoms with Gasteiger partial charge in [-0.2, -0.15) is 0 Å². The first-order valence-corrected chi connectivity index (χ1v) is 4.00. The van der Waals surface area contributed by atoms with Crippen molar-refractivity contribution in [3.8, 4) is 0 Å². The monoisotopic (exact) mass is 190 g/mol. The van der Waals surface area contributed by atoms with Crippen molar-refractivity contribution in [3.63, 3.8) is 0 Å². The van der Waals surface area contributed by atoms with Crippen molar-refractivity contribution in [3.05, 3.63) is 0 Å². The van der Waals surface area contributed by atoms with Crippen LogP contribution in [0.4, 0.5) is 0 Å². The minimum absolute atomic E-state index is 0.0371. The Bertz CT molecular complexity index is 199. The van der Waals surface area contributed by atoms with Crippen LogP contribution >= 0.6 is 0 Å². The molecular weight excluding hydrogens is 176 g/mol. The van der Waals surface area contributed by atoms with Crippen molar-refractivity contribution in [2.24, 2.45) is 11.8 Å². The third-order valence-corrected chi connectivity index (χ3v) is 1.68. The number of carboxylic acids is 2. The summed E-state index contributed by atoms with van der Waals surface area (Å²) in [6.07, 6.45) is -1.66. The molecule has 0 aliphatic rings. The van der Waals surface area contributed by atoms with Crippen LogP contribution in [0.3, 0.4) is 0 Å². The number of hydrogen-bond acceptors (Lipinski definition) is 3. The first-order valence-electron chi connectivity index (χ1n) is 4.00. The highest BCUT2D eigenvalue weighted by atomic mass is 16.4. The van der Waals surface area contributed by atoms with E-state index in [1.165, 1.54) is 0 Å². The van der Waals surface area contributed by atoms with Crippen LogP contribution in [0.15, 0.2) is 0 Å². The fourth-order valence-corrected chi connectivity index (χ4v) is 1.04. The minimum atomic E-state index is -1.82. The quantitative estimate of drug-likeness (QED) is 0.574. The van der Waals surface area contributed by atoms with E-state index in [-0.39, 0.29) is 12.3 Å². The fourth-order valence-electron chi connectivity index (χ4n) is 1.04. The second-order valence-corrected chi connectivity index (χ2v) is 3.36. The number of rotatable bonds is 5. The second-order valence-electron chi connectivity index (χ2n) is 3.36. The average molecular weight is 190 g/mol. The molecule has 0 unspecified atom stereocenters. The summed E-state index contributed by atoms with van der Waals surface area (Å²) in [6, 6.07) is 0. The molecule has 13 heavy (non-hydrogen) atoms. The standard InChI is InChI=1S/C8H14O5/c1-4(2)3-5(7(10)11)6(9)8(12)13/h4-6,9H,3H2,1-2H3,(H,10,11)(H,12,13)/t5-,6-/m0/s1. The topological polar surface area (TPSA) is 94.8 Å². The SMILES string of the molecule is CC(C)C[C@H](C(=O)O)[C@H](O)C(=O)O. The van der Waals surface area contributed by atoms with E-state index in [1.807, 2.05) is 0 Å². The maximum Gasteiger partial charge on any atom is 0.333 e. The molecule has 0 heterocycles. The summed E-state index contributed by atoms with van der Waals surface area (Å²) in [7, 11) is 0. The Morgan fingerprint density at radius 2 is 1.62 bits per heavy atom. The van der Waals surface area contributed by atoms with Crippen LogP contribution in [0.2, 0.25) is 0 Å². The molecule has 76 valence electrons. The third kappa shape index (κ3) is 3.89. The van der Waals surface area contributed by atoms with Gasteiger partial charge >= 0.3 is 11.9 Å². The maximum atomic E-state index is 10.6. The molecule has 0 saturated carbocycles. The Hall–Kier alpha value is -1.10. The lowest BCUT2D eigenvalue weighted by atomic mass is 9.92. The molecule has 0 amide bonds. The summed E-state index contributed by atoms with van der Waals surface area (Å²) in [6.45, 7) is 3.54. The molecule has 0 rings (SSSR count). The molecule has 0 spiro atoms. The molecule has 5 nitrogen and oxygen atoms in total. The molecule has 0 aliphatic carbocycles. The zero-order valence-electron chi connectivity index (χ0n) is 7.60. The summed E-state index contributed by atoms with van der Waals surface area (Å²) < 4.78 is 0. The molecule has 0 saturated heterocycles. The first-order chi connectivity index (χ1) is 5.86. The van der Waals surface area contributed by atoms with Gasteiger partial charge in [0.05, 0.1) is 5.92 Å². The van der Waals surface area contributed by atoms with Gasteiger partial charge < -0.3 is 15.3 Å². The molecule has 5 heteroatoms. The van der Waals surface area contributed by atoms with Crippen molar-refractivity contribution in [2.45, 2.75) is 26.4 Å². The van der Waals surface area contributed by atoms with Crippen LogP contribution in [0, 0.1) is 11.8 Å². The fraction of sp³-hybridized carbons (Fsp3) is 0.750. The summed E-state index contributed by atoms with van der Waals surface area (Å²) >= 11 is 0. The van der Waals surface area contributed by atoms with Crippen LogP contribution in [-0.2, 0) is 9.59 Å². The lowest BCUT2D eigenvalue weighted by Gasteiger charge is -2.17. The largest absolute Gasteiger partial charge is 0.481 e. The third-order valence-electron chi connectivity index (χ3n) is 1.68. The maximum absolute atomic E-state index is 10.6. The number of aliphatic hydroxyl groups is 1. The van der Waals surface area contributed by atoms with Crippen molar-refractivity contribution in [1.29, 1.82) is 0 Å². The van der Waals surface area contributed by atoms with Crippen LogP contribution in [0.5, 0.6) is 0 Å². The van der Waals surface area contributed by atoms with Gasteiger partial charge in [-0.3, -0.25) is 4.79 Å². The van der Waals surface area contributed by atoms with Crippen LogP contribution in [-0.4, -0.2) is 33.4 Å².